The van der Waals surface area contributed by atoms with Gasteiger partial charge in [-0.2, -0.15) is 5.10 Å². The van der Waals surface area contributed by atoms with Gasteiger partial charge < -0.3 is 5.32 Å². The highest BCUT2D eigenvalue weighted by Gasteiger charge is 2.04. The van der Waals surface area contributed by atoms with E-state index in [-0.39, 0.29) is 5.91 Å². The van der Waals surface area contributed by atoms with Gasteiger partial charge in [-0.1, -0.05) is 72.8 Å². The van der Waals surface area contributed by atoms with E-state index in [1.807, 2.05) is 71.9 Å². The number of carbonyl (C=O) groups is 1. The van der Waals surface area contributed by atoms with Gasteiger partial charge in [-0.15, -0.1) is 0 Å². The molecule has 0 aliphatic rings. The molecule has 27 heavy (non-hydrogen) atoms. The van der Waals surface area contributed by atoms with E-state index >= 15 is 0 Å². The first-order valence-corrected chi connectivity index (χ1v) is 8.93. The fraction of sp³-hybridized carbons (Fsp3) is 0.130. The molecule has 0 fully saturated rings. The second-order valence-electron chi connectivity index (χ2n) is 6.34. The predicted molar refractivity (Wildman–Crippen MR) is 110 cm³/mol. The second-order valence-corrected chi connectivity index (χ2v) is 6.34. The summed E-state index contributed by atoms with van der Waals surface area (Å²) in [4.78, 5) is 11.1. The highest BCUT2D eigenvalue weighted by Crippen LogP contribution is 2.12. The van der Waals surface area contributed by atoms with E-state index in [1.54, 1.807) is 0 Å². The zero-order valence-corrected chi connectivity index (χ0v) is 15.4. The number of benzene rings is 3. The van der Waals surface area contributed by atoms with Gasteiger partial charge in [0.25, 0.3) is 0 Å². The molecule has 0 atom stereocenters. The fourth-order valence-corrected chi connectivity index (χ4v) is 2.73. The van der Waals surface area contributed by atoms with Gasteiger partial charge in [0, 0.05) is 12.6 Å². The van der Waals surface area contributed by atoms with Crippen LogP contribution in [0.1, 0.15) is 23.6 Å². The second kappa shape index (κ2) is 9.34. The Morgan fingerprint density at radius 3 is 1.85 bits per heavy atom. The van der Waals surface area contributed by atoms with Crippen molar-refractivity contribution in [1.29, 1.82) is 0 Å². The van der Waals surface area contributed by atoms with Crippen molar-refractivity contribution in [2.45, 2.75) is 20.0 Å². The molecule has 0 radical (unpaired) electrons. The lowest BCUT2D eigenvalue weighted by atomic mass is 10.2. The van der Waals surface area contributed by atoms with Gasteiger partial charge in [0.15, 0.2) is 0 Å². The average molecular weight is 357 g/mol. The maximum atomic E-state index is 11.1. The molecule has 0 spiro atoms. The highest BCUT2D eigenvalue weighted by atomic mass is 16.1. The summed E-state index contributed by atoms with van der Waals surface area (Å²) in [5.41, 5.74) is 4.19. The maximum absolute atomic E-state index is 11.1. The third-order valence-corrected chi connectivity index (χ3v) is 4.02. The number of nitrogens with one attached hydrogen (secondary N) is 1. The first-order valence-electron chi connectivity index (χ1n) is 8.93. The number of hydrazone groups is 1. The van der Waals surface area contributed by atoms with E-state index in [9.17, 15) is 4.79 Å². The van der Waals surface area contributed by atoms with E-state index < -0.39 is 0 Å². The zero-order chi connectivity index (χ0) is 18.9. The average Bonchev–Trinajstić information content (AvgIpc) is 2.68. The van der Waals surface area contributed by atoms with Gasteiger partial charge in [0.05, 0.1) is 19.3 Å². The summed E-state index contributed by atoms with van der Waals surface area (Å²) in [7, 11) is 0. The topological polar surface area (TPSA) is 44.7 Å². The highest BCUT2D eigenvalue weighted by molar-refractivity contribution is 5.89. The molecule has 0 unspecified atom stereocenters. The van der Waals surface area contributed by atoms with Gasteiger partial charge >= 0.3 is 0 Å². The van der Waals surface area contributed by atoms with Crippen LogP contribution in [-0.4, -0.2) is 17.1 Å². The number of carbonyl (C=O) groups excluding carboxylic acids is 1. The molecule has 0 heterocycles. The smallest absolute Gasteiger partial charge is 0.221 e. The van der Waals surface area contributed by atoms with Crippen LogP contribution in [0.25, 0.3) is 0 Å². The zero-order valence-electron chi connectivity index (χ0n) is 15.4. The number of anilines is 1. The van der Waals surface area contributed by atoms with Crippen molar-refractivity contribution in [3.63, 3.8) is 0 Å². The van der Waals surface area contributed by atoms with Crippen molar-refractivity contribution in [3.8, 4) is 0 Å². The molecule has 136 valence electrons. The van der Waals surface area contributed by atoms with E-state index in [0.29, 0.717) is 0 Å². The summed E-state index contributed by atoms with van der Waals surface area (Å²) in [5.74, 6) is -0.0756. The van der Waals surface area contributed by atoms with Crippen LogP contribution in [0.15, 0.2) is 90.0 Å². The molecule has 4 heteroatoms. The van der Waals surface area contributed by atoms with Gasteiger partial charge in [-0.05, 0) is 28.8 Å². The van der Waals surface area contributed by atoms with Gasteiger partial charge in [-0.3, -0.25) is 9.80 Å². The minimum absolute atomic E-state index is 0.0756. The number of hydrogen-bond donors (Lipinski definition) is 1. The molecule has 3 aromatic carbocycles. The van der Waals surface area contributed by atoms with E-state index in [2.05, 4.69) is 29.6 Å². The largest absolute Gasteiger partial charge is 0.326 e. The van der Waals surface area contributed by atoms with Gasteiger partial charge in [0.1, 0.15) is 0 Å². The molecule has 3 aromatic rings. The standard InChI is InChI=1S/C23H23N3O/c1-19(27)25-23-14-12-20(13-15-23)16-24-26(17-21-8-4-2-5-9-21)18-22-10-6-3-7-11-22/h2-16H,17-18H2,1H3,(H,25,27)/b24-16+. The van der Waals surface area contributed by atoms with Crippen molar-refractivity contribution in [2.75, 3.05) is 5.32 Å². The molecule has 3 rings (SSSR count). The lowest BCUT2D eigenvalue weighted by Gasteiger charge is -2.19. The summed E-state index contributed by atoms with van der Waals surface area (Å²) in [6.07, 6.45) is 1.85. The van der Waals surface area contributed by atoms with Crippen molar-refractivity contribution >= 4 is 17.8 Å². The predicted octanol–water partition coefficient (Wildman–Crippen LogP) is 4.68. The molecule has 1 amide bonds. The fourth-order valence-electron chi connectivity index (χ4n) is 2.73. The lowest BCUT2D eigenvalue weighted by Crippen LogP contribution is -2.17. The Labute approximate surface area is 160 Å². The van der Waals surface area contributed by atoms with Crippen molar-refractivity contribution in [1.82, 2.24) is 5.01 Å². The summed E-state index contributed by atoms with van der Waals surface area (Å²) in [5, 5.41) is 9.51. The third kappa shape index (κ3) is 6.12. The maximum Gasteiger partial charge on any atom is 0.221 e. The molecule has 0 saturated heterocycles. The molecular weight excluding hydrogens is 334 g/mol. The number of amides is 1. The van der Waals surface area contributed by atoms with Crippen LogP contribution >= 0.6 is 0 Å². The van der Waals surface area contributed by atoms with Crippen molar-refractivity contribution in [2.24, 2.45) is 5.10 Å². The minimum Gasteiger partial charge on any atom is -0.326 e. The Balaban J connectivity index is 1.73. The van der Waals surface area contributed by atoms with Crippen LogP contribution in [0.5, 0.6) is 0 Å². The molecule has 0 aliphatic heterocycles. The summed E-state index contributed by atoms with van der Waals surface area (Å²) >= 11 is 0. The van der Waals surface area contributed by atoms with Crippen LogP contribution < -0.4 is 5.32 Å². The number of hydrogen-bond acceptors (Lipinski definition) is 3. The van der Waals surface area contributed by atoms with E-state index in [1.165, 1.54) is 18.1 Å². The number of nitrogens with zero attached hydrogens (tertiary/aromatic N) is 2. The Morgan fingerprint density at radius 2 is 1.37 bits per heavy atom. The van der Waals surface area contributed by atoms with E-state index in [4.69, 9.17) is 5.10 Å². The molecule has 0 aliphatic carbocycles. The quantitative estimate of drug-likeness (QED) is 0.493. The SMILES string of the molecule is CC(=O)Nc1ccc(/C=N/N(Cc2ccccc2)Cc2ccccc2)cc1. The van der Waals surface area contributed by atoms with Crippen molar-refractivity contribution < 1.29 is 4.79 Å². The van der Waals surface area contributed by atoms with Crippen LogP contribution in [0.3, 0.4) is 0 Å². The van der Waals surface area contributed by atoms with Gasteiger partial charge in [0.2, 0.25) is 5.91 Å². The van der Waals surface area contributed by atoms with Gasteiger partial charge in [-0.25, -0.2) is 0 Å². The summed E-state index contributed by atoms with van der Waals surface area (Å²) in [6, 6.07) is 28.3. The molecule has 1 N–H and O–H groups in total. The molecule has 4 nitrogen and oxygen atoms in total. The number of rotatable bonds is 7. The first kappa shape index (κ1) is 18.4. The van der Waals surface area contributed by atoms with Crippen molar-refractivity contribution in [3.05, 3.63) is 102 Å². The normalized spacial score (nSPS) is 10.7. The Kier molecular flexibility index (Phi) is 6.36. The van der Waals surface area contributed by atoms with Crippen LogP contribution in [0.4, 0.5) is 5.69 Å². The molecule has 0 aromatic heterocycles. The molecule has 0 saturated carbocycles. The van der Waals surface area contributed by atoms with Crippen LogP contribution in [0, 0.1) is 0 Å². The monoisotopic (exact) mass is 357 g/mol. The first-order chi connectivity index (χ1) is 13.2. The Morgan fingerprint density at radius 1 is 0.852 bits per heavy atom. The van der Waals surface area contributed by atoms with E-state index in [0.717, 1.165) is 24.3 Å². The Bertz CT molecular complexity index is 833. The van der Waals surface area contributed by atoms with Crippen LogP contribution in [-0.2, 0) is 17.9 Å². The van der Waals surface area contributed by atoms with Crippen LogP contribution in [0.2, 0.25) is 0 Å². The lowest BCUT2D eigenvalue weighted by molar-refractivity contribution is -0.114. The molecular formula is C23H23N3O. The minimum atomic E-state index is -0.0756. The Hall–Kier alpha value is -3.40. The summed E-state index contributed by atoms with van der Waals surface area (Å²) < 4.78 is 0. The molecule has 0 bridgehead atoms. The summed E-state index contributed by atoms with van der Waals surface area (Å²) in [6.45, 7) is 2.97. The third-order valence-electron chi connectivity index (χ3n) is 4.02.